The van der Waals surface area contributed by atoms with Crippen LogP contribution in [0, 0.1) is 0 Å². The van der Waals surface area contributed by atoms with Crippen LogP contribution in [0.15, 0.2) is 12.7 Å². The number of rotatable bonds is 5. The molecule has 0 aromatic rings. The van der Waals surface area contributed by atoms with Crippen LogP contribution < -0.4 is 5.32 Å². The van der Waals surface area contributed by atoms with Gasteiger partial charge in [-0.25, -0.2) is 0 Å². The van der Waals surface area contributed by atoms with Gasteiger partial charge in [-0.3, -0.25) is 9.69 Å². The molecule has 1 aliphatic carbocycles. The van der Waals surface area contributed by atoms with Gasteiger partial charge in [-0.05, 0) is 12.8 Å². The van der Waals surface area contributed by atoms with E-state index in [0.717, 1.165) is 32.2 Å². The van der Waals surface area contributed by atoms with Gasteiger partial charge in [0.05, 0.1) is 6.54 Å². The average Bonchev–Trinajstić information content (AvgIpc) is 2.93. The standard InChI is InChI=1S/C14H25N3O/c1-2-7-15-12-14(18)17-10-8-16(9-11-17)13-5-3-4-6-13/h2,13,15H,1,3-12H2. The van der Waals surface area contributed by atoms with E-state index in [4.69, 9.17) is 0 Å². The summed E-state index contributed by atoms with van der Waals surface area (Å²) >= 11 is 0. The molecule has 2 fully saturated rings. The Morgan fingerprint density at radius 1 is 1.22 bits per heavy atom. The Balaban J connectivity index is 1.68. The molecule has 1 aliphatic heterocycles. The maximum Gasteiger partial charge on any atom is 0.236 e. The van der Waals surface area contributed by atoms with E-state index in [2.05, 4.69) is 16.8 Å². The van der Waals surface area contributed by atoms with Crippen molar-refractivity contribution in [2.75, 3.05) is 39.3 Å². The number of hydrogen-bond acceptors (Lipinski definition) is 3. The van der Waals surface area contributed by atoms with E-state index in [1.54, 1.807) is 6.08 Å². The fourth-order valence-electron chi connectivity index (χ4n) is 3.00. The van der Waals surface area contributed by atoms with E-state index in [-0.39, 0.29) is 5.91 Å². The zero-order valence-corrected chi connectivity index (χ0v) is 11.2. The first-order valence-corrected chi connectivity index (χ1v) is 7.14. The summed E-state index contributed by atoms with van der Waals surface area (Å²) in [7, 11) is 0. The second kappa shape index (κ2) is 6.90. The second-order valence-corrected chi connectivity index (χ2v) is 5.27. The van der Waals surface area contributed by atoms with Crippen molar-refractivity contribution in [2.24, 2.45) is 0 Å². The molecule has 1 N–H and O–H groups in total. The third kappa shape index (κ3) is 3.56. The quantitative estimate of drug-likeness (QED) is 0.581. The number of piperazine rings is 1. The smallest absolute Gasteiger partial charge is 0.236 e. The van der Waals surface area contributed by atoms with Crippen molar-refractivity contribution in [3.8, 4) is 0 Å². The largest absolute Gasteiger partial charge is 0.339 e. The number of amides is 1. The predicted molar refractivity (Wildman–Crippen MR) is 73.5 cm³/mol. The molecule has 0 aromatic carbocycles. The zero-order valence-electron chi connectivity index (χ0n) is 11.2. The number of hydrogen-bond donors (Lipinski definition) is 1. The van der Waals surface area contributed by atoms with Crippen LogP contribution in [-0.4, -0.2) is 61.0 Å². The van der Waals surface area contributed by atoms with Gasteiger partial charge in [0.1, 0.15) is 0 Å². The molecular weight excluding hydrogens is 226 g/mol. The highest BCUT2D eigenvalue weighted by atomic mass is 16.2. The molecule has 0 atom stereocenters. The van der Waals surface area contributed by atoms with Crippen molar-refractivity contribution in [2.45, 2.75) is 31.7 Å². The molecule has 1 amide bonds. The molecule has 1 saturated heterocycles. The molecule has 0 spiro atoms. The molecule has 18 heavy (non-hydrogen) atoms. The monoisotopic (exact) mass is 251 g/mol. The first-order valence-electron chi connectivity index (χ1n) is 7.14. The average molecular weight is 251 g/mol. The van der Waals surface area contributed by atoms with Crippen LogP contribution in [-0.2, 0) is 4.79 Å². The summed E-state index contributed by atoms with van der Waals surface area (Å²) in [5.41, 5.74) is 0. The van der Waals surface area contributed by atoms with Gasteiger partial charge in [-0.1, -0.05) is 18.9 Å². The summed E-state index contributed by atoms with van der Waals surface area (Å²) in [4.78, 5) is 16.5. The minimum absolute atomic E-state index is 0.225. The highest BCUT2D eigenvalue weighted by molar-refractivity contribution is 5.78. The Morgan fingerprint density at radius 2 is 1.89 bits per heavy atom. The lowest BCUT2D eigenvalue weighted by Crippen LogP contribution is -2.53. The fourth-order valence-corrected chi connectivity index (χ4v) is 3.00. The Hall–Kier alpha value is -0.870. The Bertz CT molecular complexity index is 279. The number of nitrogens with zero attached hydrogens (tertiary/aromatic N) is 2. The first kappa shape index (κ1) is 13.6. The summed E-state index contributed by atoms with van der Waals surface area (Å²) < 4.78 is 0. The van der Waals surface area contributed by atoms with E-state index < -0.39 is 0 Å². The summed E-state index contributed by atoms with van der Waals surface area (Å²) in [6.45, 7) is 8.67. The molecule has 102 valence electrons. The van der Waals surface area contributed by atoms with Gasteiger partial charge in [0.25, 0.3) is 0 Å². The fraction of sp³-hybridized carbons (Fsp3) is 0.786. The SMILES string of the molecule is C=CCNCC(=O)N1CCN(C2CCCC2)CC1. The van der Waals surface area contributed by atoms with E-state index in [0.29, 0.717) is 13.1 Å². The van der Waals surface area contributed by atoms with Crippen molar-refractivity contribution in [1.82, 2.24) is 15.1 Å². The molecule has 4 heteroatoms. The van der Waals surface area contributed by atoms with Gasteiger partial charge in [-0.15, -0.1) is 6.58 Å². The maximum atomic E-state index is 11.9. The van der Waals surface area contributed by atoms with Gasteiger partial charge in [0.2, 0.25) is 5.91 Å². The predicted octanol–water partition coefficient (Wildman–Crippen LogP) is 0.849. The van der Waals surface area contributed by atoms with Gasteiger partial charge in [0, 0.05) is 38.8 Å². The van der Waals surface area contributed by atoms with Gasteiger partial charge < -0.3 is 10.2 Å². The lowest BCUT2D eigenvalue weighted by molar-refractivity contribution is -0.132. The Morgan fingerprint density at radius 3 is 2.50 bits per heavy atom. The molecular formula is C14H25N3O. The number of carbonyl (C=O) groups is 1. The van der Waals surface area contributed by atoms with Crippen molar-refractivity contribution in [3.63, 3.8) is 0 Å². The van der Waals surface area contributed by atoms with Crippen LogP contribution >= 0.6 is 0 Å². The summed E-state index contributed by atoms with van der Waals surface area (Å²) in [6, 6.07) is 0.793. The van der Waals surface area contributed by atoms with Crippen LogP contribution in [0.2, 0.25) is 0 Å². The first-order chi connectivity index (χ1) is 8.81. The maximum absolute atomic E-state index is 11.9. The highest BCUT2D eigenvalue weighted by Crippen LogP contribution is 2.24. The zero-order chi connectivity index (χ0) is 12.8. The second-order valence-electron chi connectivity index (χ2n) is 5.27. The molecule has 0 aromatic heterocycles. The highest BCUT2D eigenvalue weighted by Gasteiger charge is 2.27. The van der Waals surface area contributed by atoms with E-state index in [1.165, 1.54) is 25.7 Å². The van der Waals surface area contributed by atoms with Crippen molar-refractivity contribution in [1.29, 1.82) is 0 Å². The molecule has 0 radical (unpaired) electrons. The van der Waals surface area contributed by atoms with Crippen LogP contribution in [0.1, 0.15) is 25.7 Å². The lowest BCUT2D eigenvalue weighted by Gasteiger charge is -2.38. The van der Waals surface area contributed by atoms with Gasteiger partial charge >= 0.3 is 0 Å². The van der Waals surface area contributed by atoms with Crippen molar-refractivity contribution >= 4 is 5.91 Å². The van der Waals surface area contributed by atoms with Gasteiger partial charge in [0.15, 0.2) is 0 Å². The van der Waals surface area contributed by atoms with E-state index in [9.17, 15) is 4.79 Å². The minimum Gasteiger partial charge on any atom is -0.339 e. The number of carbonyl (C=O) groups excluding carboxylic acids is 1. The van der Waals surface area contributed by atoms with Gasteiger partial charge in [-0.2, -0.15) is 0 Å². The van der Waals surface area contributed by atoms with Crippen LogP contribution in [0.4, 0.5) is 0 Å². The van der Waals surface area contributed by atoms with E-state index >= 15 is 0 Å². The molecule has 0 bridgehead atoms. The third-order valence-electron chi connectivity index (χ3n) is 4.07. The Labute approximate surface area is 110 Å². The van der Waals surface area contributed by atoms with Crippen molar-refractivity contribution < 1.29 is 4.79 Å². The molecule has 1 saturated carbocycles. The molecule has 4 nitrogen and oxygen atoms in total. The molecule has 2 rings (SSSR count). The molecule has 0 unspecified atom stereocenters. The Kier molecular flexibility index (Phi) is 5.20. The molecule has 2 aliphatic rings. The number of nitrogens with one attached hydrogen (secondary N) is 1. The van der Waals surface area contributed by atoms with E-state index in [1.807, 2.05) is 4.90 Å². The van der Waals surface area contributed by atoms with Crippen LogP contribution in [0.3, 0.4) is 0 Å². The van der Waals surface area contributed by atoms with Crippen LogP contribution in [0.5, 0.6) is 0 Å². The normalized spacial score (nSPS) is 22.3. The lowest BCUT2D eigenvalue weighted by atomic mass is 10.2. The summed E-state index contributed by atoms with van der Waals surface area (Å²) in [5, 5.41) is 3.08. The van der Waals surface area contributed by atoms with Crippen LogP contribution in [0.25, 0.3) is 0 Å². The summed E-state index contributed by atoms with van der Waals surface area (Å²) in [6.07, 6.45) is 7.26. The topological polar surface area (TPSA) is 35.6 Å². The summed E-state index contributed by atoms with van der Waals surface area (Å²) in [5.74, 6) is 0.225. The minimum atomic E-state index is 0.225. The van der Waals surface area contributed by atoms with Crippen molar-refractivity contribution in [3.05, 3.63) is 12.7 Å². The third-order valence-corrected chi connectivity index (χ3v) is 4.07. The molecule has 1 heterocycles.